The maximum Gasteiger partial charge on any atom is 0.243 e. The number of aromatic nitrogens is 1. The first-order valence-electron chi connectivity index (χ1n) is 8.55. The molecule has 0 spiro atoms. The SMILES string of the molecule is Cc1cc2c3c([nH]c2cc1S(=O)(=O)N(C)Cc1ccco1)CCCC3=O. The maximum atomic E-state index is 13.0. The first-order chi connectivity index (χ1) is 12.4. The zero-order chi connectivity index (χ0) is 18.5. The molecule has 2 aromatic heterocycles. The van der Waals surface area contributed by atoms with E-state index in [1.165, 1.54) is 17.6 Å². The number of furan rings is 1. The van der Waals surface area contributed by atoms with Gasteiger partial charge in [0.2, 0.25) is 10.0 Å². The largest absolute Gasteiger partial charge is 0.468 e. The van der Waals surface area contributed by atoms with E-state index < -0.39 is 10.0 Å². The van der Waals surface area contributed by atoms with Crippen molar-refractivity contribution in [2.45, 2.75) is 37.6 Å². The number of hydrogen-bond acceptors (Lipinski definition) is 4. The Morgan fingerprint density at radius 3 is 2.81 bits per heavy atom. The second kappa shape index (κ2) is 6.10. The number of nitrogens with one attached hydrogen (secondary N) is 1. The number of nitrogens with zero attached hydrogens (tertiary/aromatic N) is 1. The molecule has 1 N–H and O–H groups in total. The Bertz CT molecular complexity index is 1090. The highest BCUT2D eigenvalue weighted by atomic mass is 32.2. The number of Topliss-reactive ketones (excluding diaryl/α,β-unsaturated/α-hetero) is 1. The monoisotopic (exact) mass is 372 g/mol. The Kier molecular flexibility index (Phi) is 4.00. The predicted octanol–water partition coefficient (Wildman–Crippen LogP) is 3.41. The lowest BCUT2D eigenvalue weighted by atomic mass is 9.94. The molecule has 1 aliphatic carbocycles. The van der Waals surface area contributed by atoms with Crippen LogP contribution in [0.15, 0.2) is 39.8 Å². The molecule has 7 heteroatoms. The summed E-state index contributed by atoms with van der Waals surface area (Å²) >= 11 is 0. The number of benzene rings is 1. The number of carbonyl (C=O) groups is 1. The standard InChI is InChI=1S/C19H20N2O4S/c1-12-9-14-16(20-15-6-3-7-17(22)19(14)15)10-18(12)26(23,24)21(2)11-13-5-4-8-25-13/h4-5,8-10,20H,3,6-7,11H2,1-2H3. The van der Waals surface area contributed by atoms with Crippen LogP contribution in [-0.2, 0) is 23.0 Å². The molecule has 0 fully saturated rings. The molecule has 26 heavy (non-hydrogen) atoms. The summed E-state index contributed by atoms with van der Waals surface area (Å²) in [6.45, 7) is 1.92. The molecule has 0 aliphatic heterocycles. The third-order valence-corrected chi connectivity index (χ3v) is 6.87. The van der Waals surface area contributed by atoms with Gasteiger partial charge in [0.15, 0.2) is 5.78 Å². The van der Waals surface area contributed by atoms with Crippen LogP contribution >= 0.6 is 0 Å². The van der Waals surface area contributed by atoms with Crippen molar-refractivity contribution in [3.63, 3.8) is 0 Å². The molecule has 0 amide bonds. The van der Waals surface area contributed by atoms with Crippen molar-refractivity contribution in [3.05, 3.63) is 53.1 Å². The molecule has 0 bridgehead atoms. The smallest absolute Gasteiger partial charge is 0.243 e. The minimum absolute atomic E-state index is 0.127. The highest BCUT2D eigenvalue weighted by molar-refractivity contribution is 7.89. The van der Waals surface area contributed by atoms with E-state index >= 15 is 0 Å². The molecule has 0 radical (unpaired) electrons. The number of H-pyrrole nitrogens is 1. The lowest BCUT2D eigenvalue weighted by molar-refractivity contribution is 0.0974. The number of aromatic amines is 1. The van der Waals surface area contributed by atoms with Crippen molar-refractivity contribution in [1.29, 1.82) is 0 Å². The van der Waals surface area contributed by atoms with Crippen LogP contribution in [0.3, 0.4) is 0 Å². The highest BCUT2D eigenvalue weighted by Crippen LogP contribution is 2.33. The number of carbonyl (C=O) groups excluding carboxylic acids is 1. The molecular weight excluding hydrogens is 352 g/mol. The van der Waals surface area contributed by atoms with Crippen LogP contribution in [0.25, 0.3) is 10.9 Å². The minimum Gasteiger partial charge on any atom is -0.468 e. The van der Waals surface area contributed by atoms with Crippen LogP contribution in [0.4, 0.5) is 0 Å². The molecule has 0 saturated carbocycles. The zero-order valence-corrected chi connectivity index (χ0v) is 15.5. The normalized spacial score (nSPS) is 15.0. The predicted molar refractivity (Wildman–Crippen MR) is 97.7 cm³/mol. The number of hydrogen-bond donors (Lipinski definition) is 1. The van der Waals surface area contributed by atoms with E-state index in [0.29, 0.717) is 23.3 Å². The van der Waals surface area contributed by atoms with Gasteiger partial charge in [-0.05, 0) is 49.6 Å². The maximum absolute atomic E-state index is 13.0. The summed E-state index contributed by atoms with van der Waals surface area (Å²) in [7, 11) is -2.15. The van der Waals surface area contributed by atoms with Gasteiger partial charge in [-0.15, -0.1) is 0 Å². The fourth-order valence-corrected chi connectivity index (χ4v) is 4.96. The molecule has 0 saturated heterocycles. The summed E-state index contributed by atoms with van der Waals surface area (Å²) in [6.07, 6.45) is 3.71. The summed E-state index contributed by atoms with van der Waals surface area (Å²) in [4.78, 5) is 15.8. The third kappa shape index (κ3) is 2.68. The van der Waals surface area contributed by atoms with Crippen molar-refractivity contribution < 1.29 is 17.6 Å². The van der Waals surface area contributed by atoms with E-state index in [4.69, 9.17) is 4.42 Å². The average Bonchev–Trinajstić information content (AvgIpc) is 3.21. The quantitative estimate of drug-likeness (QED) is 0.761. The van der Waals surface area contributed by atoms with E-state index in [0.717, 1.165) is 29.5 Å². The van der Waals surface area contributed by atoms with Crippen LogP contribution in [0.2, 0.25) is 0 Å². The Hall–Kier alpha value is -2.38. The second-order valence-corrected chi connectivity index (χ2v) is 8.77. The molecule has 0 unspecified atom stereocenters. The summed E-state index contributed by atoms with van der Waals surface area (Å²) in [5, 5.41) is 0.815. The van der Waals surface area contributed by atoms with Gasteiger partial charge in [-0.1, -0.05) is 0 Å². The van der Waals surface area contributed by atoms with Gasteiger partial charge in [-0.25, -0.2) is 8.42 Å². The number of sulfonamides is 1. The van der Waals surface area contributed by atoms with E-state index in [1.54, 1.807) is 25.1 Å². The molecule has 3 aromatic rings. The van der Waals surface area contributed by atoms with Gasteiger partial charge in [0, 0.05) is 35.6 Å². The average molecular weight is 372 g/mol. The lowest BCUT2D eigenvalue weighted by Gasteiger charge is -2.17. The third-order valence-electron chi connectivity index (χ3n) is 4.93. The van der Waals surface area contributed by atoms with Crippen LogP contribution in [-0.4, -0.2) is 30.5 Å². The van der Waals surface area contributed by atoms with Gasteiger partial charge in [-0.3, -0.25) is 4.79 Å². The van der Waals surface area contributed by atoms with Gasteiger partial charge in [0.1, 0.15) is 5.76 Å². The molecule has 1 aliphatic rings. The summed E-state index contributed by atoms with van der Waals surface area (Å²) < 4.78 is 32.6. The molecule has 2 heterocycles. The highest BCUT2D eigenvalue weighted by Gasteiger charge is 2.27. The Balaban J connectivity index is 1.79. The molecule has 136 valence electrons. The van der Waals surface area contributed by atoms with E-state index in [9.17, 15) is 13.2 Å². The van der Waals surface area contributed by atoms with Gasteiger partial charge in [0.05, 0.1) is 17.7 Å². The number of fused-ring (bicyclic) bond motifs is 3. The molecule has 4 rings (SSSR count). The van der Waals surface area contributed by atoms with Gasteiger partial charge in [0.25, 0.3) is 0 Å². The number of aryl methyl sites for hydroxylation is 2. The van der Waals surface area contributed by atoms with E-state index in [-0.39, 0.29) is 17.2 Å². The molecule has 0 atom stereocenters. The minimum atomic E-state index is -3.68. The first kappa shape index (κ1) is 17.1. The van der Waals surface area contributed by atoms with Crippen LogP contribution in [0, 0.1) is 6.92 Å². The Morgan fingerprint density at radius 1 is 1.27 bits per heavy atom. The number of rotatable bonds is 4. The van der Waals surface area contributed by atoms with Gasteiger partial charge >= 0.3 is 0 Å². The van der Waals surface area contributed by atoms with Crippen molar-refractivity contribution >= 4 is 26.7 Å². The Labute approximate surface area is 151 Å². The van der Waals surface area contributed by atoms with E-state index in [2.05, 4.69) is 4.98 Å². The first-order valence-corrected chi connectivity index (χ1v) is 9.99. The van der Waals surface area contributed by atoms with Crippen molar-refractivity contribution in [2.75, 3.05) is 7.05 Å². The molecular formula is C19H20N2O4S. The molecule has 6 nitrogen and oxygen atoms in total. The Morgan fingerprint density at radius 2 is 2.08 bits per heavy atom. The lowest BCUT2D eigenvalue weighted by Crippen LogP contribution is -2.27. The zero-order valence-electron chi connectivity index (χ0n) is 14.7. The fourth-order valence-electron chi connectivity index (χ4n) is 3.60. The topological polar surface area (TPSA) is 83.4 Å². The fraction of sp³-hybridized carbons (Fsp3) is 0.316. The van der Waals surface area contributed by atoms with Gasteiger partial charge in [-0.2, -0.15) is 4.31 Å². The number of ketones is 1. The van der Waals surface area contributed by atoms with Crippen molar-refractivity contribution in [3.8, 4) is 0 Å². The van der Waals surface area contributed by atoms with Crippen molar-refractivity contribution in [1.82, 2.24) is 9.29 Å². The van der Waals surface area contributed by atoms with Crippen LogP contribution in [0.5, 0.6) is 0 Å². The summed E-state index contributed by atoms with van der Waals surface area (Å²) in [5.41, 5.74) is 2.96. The summed E-state index contributed by atoms with van der Waals surface area (Å²) in [5.74, 6) is 0.707. The van der Waals surface area contributed by atoms with Gasteiger partial charge < -0.3 is 9.40 Å². The summed E-state index contributed by atoms with van der Waals surface area (Å²) in [6, 6.07) is 6.92. The van der Waals surface area contributed by atoms with E-state index in [1.807, 2.05) is 6.07 Å². The van der Waals surface area contributed by atoms with Crippen LogP contribution < -0.4 is 0 Å². The second-order valence-electron chi connectivity index (χ2n) is 6.76. The van der Waals surface area contributed by atoms with Crippen molar-refractivity contribution in [2.24, 2.45) is 0 Å². The molecule has 1 aromatic carbocycles. The van der Waals surface area contributed by atoms with Crippen LogP contribution in [0.1, 0.15) is 40.2 Å².